The molecule has 1 amide bonds. The Bertz CT molecular complexity index is 667. The summed E-state index contributed by atoms with van der Waals surface area (Å²) in [6.45, 7) is 1.92. The Morgan fingerprint density at radius 1 is 1.25 bits per heavy atom. The molecular formula is C16H13ClFNO. The first-order chi connectivity index (χ1) is 9.54. The minimum Gasteiger partial charge on any atom is -0.321 e. The zero-order valence-electron chi connectivity index (χ0n) is 10.9. The van der Waals surface area contributed by atoms with Crippen LogP contribution in [-0.2, 0) is 4.79 Å². The number of carbonyl (C=O) groups excluding carboxylic acids is 1. The summed E-state index contributed by atoms with van der Waals surface area (Å²) in [5.41, 5.74) is 2.18. The molecule has 0 bridgehead atoms. The van der Waals surface area contributed by atoms with Crippen LogP contribution < -0.4 is 5.32 Å². The summed E-state index contributed by atoms with van der Waals surface area (Å²) in [5.74, 6) is -0.658. The zero-order valence-corrected chi connectivity index (χ0v) is 11.6. The van der Waals surface area contributed by atoms with E-state index < -0.39 is 0 Å². The van der Waals surface area contributed by atoms with Crippen molar-refractivity contribution in [2.45, 2.75) is 6.92 Å². The molecule has 2 aromatic rings. The lowest BCUT2D eigenvalue weighted by Crippen LogP contribution is -2.08. The summed E-state index contributed by atoms with van der Waals surface area (Å²) >= 11 is 6.02. The third-order valence-corrected chi connectivity index (χ3v) is 2.97. The first kappa shape index (κ1) is 14.3. The molecule has 0 saturated heterocycles. The van der Waals surface area contributed by atoms with E-state index in [0.717, 1.165) is 5.56 Å². The highest BCUT2D eigenvalue weighted by Crippen LogP contribution is 2.22. The van der Waals surface area contributed by atoms with Gasteiger partial charge >= 0.3 is 0 Å². The molecular weight excluding hydrogens is 277 g/mol. The maximum absolute atomic E-state index is 13.0. The highest BCUT2D eigenvalue weighted by atomic mass is 35.5. The van der Waals surface area contributed by atoms with Gasteiger partial charge in [-0.2, -0.15) is 0 Å². The molecule has 0 fully saturated rings. The van der Waals surface area contributed by atoms with Gasteiger partial charge in [-0.1, -0.05) is 29.8 Å². The van der Waals surface area contributed by atoms with Gasteiger partial charge in [0.1, 0.15) is 5.82 Å². The van der Waals surface area contributed by atoms with Gasteiger partial charge in [-0.05, 0) is 48.4 Å². The number of anilines is 1. The van der Waals surface area contributed by atoms with Gasteiger partial charge in [0, 0.05) is 6.08 Å². The molecule has 2 aromatic carbocycles. The normalized spacial score (nSPS) is 10.8. The minimum absolute atomic E-state index is 0.319. The number of rotatable bonds is 3. The van der Waals surface area contributed by atoms with Crippen LogP contribution in [0.15, 0.2) is 48.5 Å². The largest absolute Gasteiger partial charge is 0.321 e. The van der Waals surface area contributed by atoms with Gasteiger partial charge < -0.3 is 5.32 Å². The maximum Gasteiger partial charge on any atom is 0.248 e. The SMILES string of the molecule is Cc1ccc(NC(=O)/C=C/c2cccc(F)c2)c(Cl)c1. The van der Waals surface area contributed by atoms with E-state index >= 15 is 0 Å². The fourth-order valence-electron chi connectivity index (χ4n) is 1.68. The predicted molar refractivity (Wildman–Crippen MR) is 80.3 cm³/mol. The number of nitrogens with one attached hydrogen (secondary N) is 1. The molecule has 0 unspecified atom stereocenters. The molecule has 0 aromatic heterocycles. The van der Waals surface area contributed by atoms with Crippen LogP contribution in [0.5, 0.6) is 0 Å². The molecule has 0 aliphatic carbocycles. The summed E-state index contributed by atoms with van der Waals surface area (Å²) in [4.78, 5) is 11.8. The summed E-state index contributed by atoms with van der Waals surface area (Å²) in [6, 6.07) is 11.4. The molecule has 0 heterocycles. The van der Waals surface area contributed by atoms with Crippen molar-refractivity contribution >= 4 is 29.3 Å². The molecule has 0 radical (unpaired) electrons. The number of hydrogen-bond donors (Lipinski definition) is 1. The van der Waals surface area contributed by atoms with Crippen LogP contribution in [-0.4, -0.2) is 5.91 Å². The average Bonchev–Trinajstić information content (AvgIpc) is 2.40. The van der Waals surface area contributed by atoms with Crippen LogP contribution >= 0.6 is 11.6 Å². The van der Waals surface area contributed by atoms with Crippen molar-refractivity contribution in [1.29, 1.82) is 0 Å². The van der Waals surface area contributed by atoms with Gasteiger partial charge in [-0.15, -0.1) is 0 Å². The topological polar surface area (TPSA) is 29.1 Å². The second-order valence-corrected chi connectivity index (χ2v) is 4.77. The number of aryl methyl sites for hydroxylation is 1. The third-order valence-electron chi connectivity index (χ3n) is 2.66. The molecule has 1 N–H and O–H groups in total. The van der Waals surface area contributed by atoms with E-state index in [0.29, 0.717) is 16.3 Å². The van der Waals surface area contributed by atoms with Gasteiger partial charge in [0.15, 0.2) is 0 Å². The summed E-state index contributed by atoms with van der Waals surface area (Å²) in [5, 5.41) is 3.15. The monoisotopic (exact) mass is 289 g/mol. The fourth-order valence-corrected chi connectivity index (χ4v) is 1.96. The Morgan fingerprint density at radius 3 is 2.75 bits per heavy atom. The Balaban J connectivity index is 2.05. The van der Waals surface area contributed by atoms with E-state index in [1.165, 1.54) is 18.2 Å². The molecule has 2 nitrogen and oxygen atoms in total. The van der Waals surface area contributed by atoms with E-state index in [-0.39, 0.29) is 11.7 Å². The second-order valence-electron chi connectivity index (χ2n) is 4.36. The van der Waals surface area contributed by atoms with Gasteiger partial charge in [-0.3, -0.25) is 4.79 Å². The highest BCUT2D eigenvalue weighted by molar-refractivity contribution is 6.33. The summed E-state index contributed by atoms with van der Waals surface area (Å²) in [6.07, 6.45) is 2.88. The number of benzene rings is 2. The number of carbonyl (C=O) groups is 1. The van der Waals surface area contributed by atoms with Crippen LogP contribution in [0.3, 0.4) is 0 Å². The standard InChI is InChI=1S/C16H13ClFNO/c1-11-5-7-15(14(17)9-11)19-16(20)8-6-12-3-2-4-13(18)10-12/h2-10H,1H3,(H,19,20)/b8-6+. The van der Waals surface area contributed by atoms with Crippen molar-refractivity contribution in [3.63, 3.8) is 0 Å². The lowest BCUT2D eigenvalue weighted by molar-refractivity contribution is -0.111. The van der Waals surface area contributed by atoms with Crippen molar-refractivity contribution in [1.82, 2.24) is 0 Å². The van der Waals surface area contributed by atoms with Crippen molar-refractivity contribution in [2.75, 3.05) is 5.32 Å². The van der Waals surface area contributed by atoms with Crippen LogP contribution in [0.25, 0.3) is 6.08 Å². The first-order valence-corrected chi connectivity index (χ1v) is 6.43. The van der Waals surface area contributed by atoms with Crippen molar-refractivity contribution < 1.29 is 9.18 Å². The van der Waals surface area contributed by atoms with Crippen LogP contribution in [0.2, 0.25) is 5.02 Å². The Labute approximate surface area is 121 Å². The van der Waals surface area contributed by atoms with E-state index in [1.54, 1.807) is 30.3 Å². The van der Waals surface area contributed by atoms with E-state index in [4.69, 9.17) is 11.6 Å². The Kier molecular flexibility index (Phi) is 4.53. The molecule has 0 spiro atoms. The van der Waals surface area contributed by atoms with Crippen molar-refractivity contribution in [3.05, 3.63) is 70.5 Å². The van der Waals surface area contributed by atoms with Gasteiger partial charge in [0.25, 0.3) is 0 Å². The summed E-state index contributed by atoms with van der Waals surface area (Å²) < 4.78 is 13.0. The second kappa shape index (κ2) is 6.35. The molecule has 20 heavy (non-hydrogen) atoms. The minimum atomic E-state index is -0.339. The molecule has 0 aliphatic rings. The fraction of sp³-hybridized carbons (Fsp3) is 0.0625. The highest BCUT2D eigenvalue weighted by Gasteiger charge is 2.03. The molecule has 0 saturated carbocycles. The summed E-state index contributed by atoms with van der Waals surface area (Å²) in [7, 11) is 0. The van der Waals surface area contributed by atoms with Crippen LogP contribution in [0.4, 0.5) is 10.1 Å². The molecule has 102 valence electrons. The lowest BCUT2D eigenvalue weighted by atomic mass is 10.2. The van der Waals surface area contributed by atoms with Crippen molar-refractivity contribution in [2.24, 2.45) is 0 Å². The third kappa shape index (κ3) is 3.93. The molecule has 4 heteroatoms. The lowest BCUT2D eigenvalue weighted by Gasteiger charge is -2.05. The number of amides is 1. The van der Waals surface area contributed by atoms with Gasteiger partial charge in [0.05, 0.1) is 10.7 Å². The van der Waals surface area contributed by atoms with Crippen molar-refractivity contribution in [3.8, 4) is 0 Å². The van der Waals surface area contributed by atoms with Gasteiger partial charge in [0.2, 0.25) is 5.91 Å². The maximum atomic E-state index is 13.0. The quantitative estimate of drug-likeness (QED) is 0.832. The zero-order chi connectivity index (χ0) is 14.5. The Hall–Kier alpha value is -2.13. The van der Waals surface area contributed by atoms with Crippen LogP contribution in [0.1, 0.15) is 11.1 Å². The average molecular weight is 290 g/mol. The number of halogens is 2. The molecule has 2 rings (SSSR count). The van der Waals surface area contributed by atoms with E-state index in [2.05, 4.69) is 5.32 Å². The first-order valence-electron chi connectivity index (χ1n) is 6.05. The van der Waals surface area contributed by atoms with Crippen LogP contribution in [0, 0.1) is 12.7 Å². The smallest absolute Gasteiger partial charge is 0.248 e. The predicted octanol–water partition coefficient (Wildman–Crippen LogP) is 4.44. The van der Waals surface area contributed by atoms with E-state index in [1.807, 2.05) is 13.0 Å². The molecule has 0 aliphatic heterocycles. The van der Waals surface area contributed by atoms with Gasteiger partial charge in [-0.25, -0.2) is 4.39 Å². The number of hydrogen-bond acceptors (Lipinski definition) is 1. The molecule has 0 atom stereocenters. The Morgan fingerprint density at radius 2 is 2.05 bits per heavy atom. The van der Waals surface area contributed by atoms with E-state index in [9.17, 15) is 9.18 Å².